The minimum atomic E-state index is -1.46. The monoisotopic (exact) mass is 470 g/mol. The molecule has 190 valence electrons. The van der Waals surface area contributed by atoms with Gasteiger partial charge in [-0.2, -0.15) is 0 Å². The zero-order valence-corrected chi connectivity index (χ0v) is 20.1. The molecule has 0 unspecified atom stereocenters. The summed E-state index contributed by atoms with van der Waals surface area (Å²) in [6, 6.07) is -2.30. The van der Waals surface area contributed by atoms with Gasteiger partial charge in [0.05, 0.1) is 13.0 Å². The number of nitrogens with two attached hydrogens (primary N) is 1. The topological polar surface area (TPSA) is 168 Å². The second kappa shape index (κ2) is 18.9. The molecule has 0 saturated carbocycles. The predicted molar refractivity (Wildman–Crippen MR) is 125 cm³/mol. The van der Waals surface area contributed by atoms with Gasteiger partial charge in [-0.05, 0) is 13.3 Å². The molecule has 0 saturated heterocycles. The van der Waals surface area contributed by atoms with E-state index in [9.17, 15) is 24.0 Å². The number of carboxylic acids is 1. The van der Waals surface area contributed by atoms with Crippen LogP contribution in [0.3, 0.4) is 0 Å². The van der Waals surface area contributed by atoms with Crippen LogP contribution in [-0.4, -0.2) is 53.3 Å². The van der Waals surface area contributed by atoms with Crippen LogP contribution in [0.5, 0.6) is 0 Å². The van der Waals surface area contributed by atoms with Crippen molar-refractivity contribution in [2.24, 2.45) is 5.73 Å². The predicted octanol–water partition coefficient (Wildman–Crippen LogP) is 1.75. The lowest BCUT2D eigenvalue weighted by molar-refractivity contribution is -0.143. The molecule has 2 atom stereocenters. The fraction of sp³-hybridized carbons (Fsp3) is 0.783. The molecule has 33 heavy (non-hydrogen) atoms. The second-order valence-electron chi connectivity index (χ2n) is 8.42. The van der Waals surface area contributed by atoms with Crippen LogP contribution in [-0.2, 0) is 24.0 Å². The maximum atomic E-state index is 12.0. The minimum absolute atomic E-state index is 0.231. The molecule has 6 N–H and O–H groups in total. The van der Waals surface area contributed by atoms with Crippen LogP contribution >= 0.6 is 0 Å². The number of aliphatic carboxylic acids is 1. The van der Waals surface area contributed by atoms with Crippen molar-refractivity contribution < 1.29 is 29.1 Å². The summed E-state index contributed by atoms with van der Waals surface area (Å²) in [5.41, 5.74) is 4.94. The summed E-state index contributed by atoms with van der Waals surface area (Å²) in [7, 11) is 0. The lowest BCUT2D eigenvalue weighted by atomic mass is 10.1. The largest absolute Gasteiger partial charge is 0.480 e. The van der Waals surface area contributed by atoms with Gasteiger partial charge < -0.3 is 26.8 Å². The molecule has 0 aliphatic rings. The Bertz CT molecular complexity index is 626. The van der Waals surface area contributed by atoms with Crippen molar-refractivity contribution in [3.05, 3.63) is 0 Å². The van der Waals surface area contributed by atoms with Crippen LogP contribution in [0.1, 0.15) is 97.3 Å². The van der Waals surface area contributed by atoms with Crippen molar-refractivity contribution in [2.45, 2.75) is 109 Å². The van der Waals surface area contributed by atoms with Gasteiger partial charge >= 0.3 is 5.97 Å². The van der Waals surface area contributed by atoms with E-state index in [1.54, 1.807) is 0 Å². The molecular weight excluding hydrogens is 428 g/mol. The zero-order valence-electron chi connectivity index (χ0n) is 20.1. The fourth-order valence-electron chi connectivity index (χ4n) is 3.30. The van der Waals surface area contributed by atoms with Gasteiger partial charge in [-0.3, -0.25) is 19.2 Å². The fourth-order valence-corrected chi connectivity index (χ4v) is 3.30. The maximum Gasteiger partial charge on any atom is 0.326 e. The first-order valence-corrected chi connectivity index (χ1v) is 12.0. The molecule has 0 aliphatic heterocycles. The van der Waals surface area contributed by atoms with Crippen molar-refractivity contribution in [1.82, 2.24) is 16.0 Å². The number of rotatable bonds is 20. The number of amides is 4. The van der Waals surface area contributed by atoms with Crippen molar-refractivity contribution in [2.75, 3.05) is 6.54 Å². The van der Waals surface area contributed by atoms with Crippen LogP contribution in [0.15, 0.2) is 0 Å². The van der Waals surface area contributed by atoms with Gasteiger partial charge in [-0.25, -0.2) is 4.79 Å². The summed E-state index contributed by atoms with van der Waals surface area (Å²) in [5, 5.41) is 16.0. The molecule has 0 aliphatic carbocycles. The van der Waals surface area contributed by atoms with E-state index in [0.29, 0.717) is 6.42 Å². The van der Waals surface area contributed by atoms with Crippen molar-refractivity contribution >= 4 is 29.6 Å². The summed E-state index contributed by atoms with van der Waals surface area (Å²) in [6.45, 7) is 3.23. The molecule has 0 aromatic rings. The second-order valence-corrected chi connectivity index (χ2v) is 8.42. The molecule has 4 amide bonds. The molecule has 0 aromatic heterocycles. The summed E-state index contributed by atoms with van der Waals surface area (Å²) in [4.78, 5) is 57.7. The Morgan fingerprint density at radius 3 is 1.79 bits per heavy atom. The summed E-state index contributed by atoms with van der Waals surface area (Å²) in [5.74, 6) is -3.86. The van der Waals surface area contributed by atoms with Crippen molar-refractivity contribution in [3.8, 4) is 0 Å². The van der Waals surface area contributed by atoms with E-state index in [-0.39, 0.29) is 5.91 Å². The standard InChI is InChI=1S/C23H42N4O6/c1-3-4-5-6-7-8-9-10-11-12-13-14-20(29)26-17(2)22(31)25-16-21(30)27-18(23(32)33)15-19(24)28/h17-18H,3-16H2,1-2H3,(H2,24,28)(H,25,31)(H,26,29)(H,27,30)(H,32,33)/t17-,18-/m0/s1. The molecule has 0 spiro atoms. The molecule has 0 fully saturated rings. The van der Waals surface area contributed by atoms with Gasteiger partial charge in [-0.15, -0.1) is 0 Å². The van der Waals surface area contributed by atoms with Crippen molar-refractivity contribution in [3.63, 3.8) is 0 Å². The van der Waals surface area contributed by atoms with Crippen LogP contribution in [0.25, 0.3) is 0 Å². The van der Waals surface area contributed by atoms with Crippen LogP contribution in [0, 0.1) is 0 Å². The number of carboxylic acid groups (broad SMARTS) is 1. The SMILES string of the molecule is CCCCCCCCCCCCCC(=O)N[C@@H](C)C(=O)NCC(=O)N[C@@H](CC(N)=O)C(=O)O. The average Bonchev–Trinajstić information content (AvgIpc) is 2.74. The molecule has 0 radical (unpaired) electrons. The Morgan fingerprint density at radius 2 is 1.30 bits per heavy atom. The highest BCUT2D eigenvalue weighted by Crippen LogP contribution is 2.11. The van der Waals surface area contributed by atoms with E-state index in [1.807, 2.05) is 0 Å². The van der Waals surface area contributed by atoms with Gasteiger partial charge in [0, 0.05) is 6.42 Å². The Labute approximate surface area is 196 Å². The van der Waals surface area contributed by atoms with E-state index in [4.69, 9.17) is 10.8 Å². The van der Waals surface area contributed by atoms with Crippen LogP contribution in [0.2, 0.25) is 0 Å². The maximum absolute atomic E-state index is 12.0. The molecule has 0 rings (SSSR count). The van der Waals surface area contributed by atoms with Gasteiger partial charge in [0.25, 0.3) is 0 Å². The summed E-state index contributed by atoms with van der Waals surface area (Å²) < 4.78 is 0. The zero-order chi connectivity index (χ0) is 25.1. The minimum Gasteiger partial charge on any atom is -0.480 e. The average molecular weight is 471 g/mol. The van der Waals surface area contributed by atoms with Gasteiger partial charge in [-0.1, -0.05) is 71.1 Å². The Kier molecular flexibility index (Phi) is 17.4. The highest BCUT2D eigenvalue weighted by atomic mass is 16.4. The highest BCUT2D eigenvalue weighted by molar-refractivity contribution is 5.92. The Balaban J connectivity index is 3.90. The van der Waals surface area contributed by atoms with Crippen LogP contribution in [0.4, 0.5) is 0 Å². The number of carbonyl (C=O) groups excluding carboxylic acids is 4. The quantitative estimate of drug-likeness (QED) is 0.170. The van der Waals surface area contributed by atoms with E-state index in [1.165, 1.54) is 58.3 Å². The smallest absolute Gasteiger partial charge is 0.326 e. The Hall–Kier alpha value is -2.65. The number of hydrogen-bond acceptors (Lipinski definition) is 5. The normalized spacial score (nSPS) is 12.4. The number of hydrogen-bond donors (Lipinski definition) is 5. The van der Waals surface area contributed by atoms with Gasteiger partial charge in [0.2, 0.25) is 23.6 Å². The van der Waals surface area contributed by atoms with E-state index in [0.717, 1.165) is 19.3 Å². The molecule has 10 heteroatoms. The van der Waals surface area contributed by atoms with Gasteiger partial charge in [0.15, 0.2) is 0 Å². The van der Waals surface area contributed by atoms with Crippen LogP contribution < -0.4 is 21.7 Å². The lowest BCUT2D eigenvalue weighted by Gasteiger charge is -2.16. The van der Waals surface area contributed by atoms with E-state index >= 15 is 0 Å². The molecule has 0 heterocycles. The third kappa shape index (κ3) is 17.6. The number of carbonyl (C=O) groups is 5. The Morgan fingerprint density at radius 1 is 0.788 bits per heavy atom. The van der Waals surface area contributed by atoms with Gasteiger partial charge in [0.1, 0.15) is 12.1 Å². The first-order chi connectivity index (χ1) is 15.7. The number of primary amides is 1. The molecule has 0 bridgehead atoms. The summed E-state index contributed by atoms with van der Waals surface area (Å²) in [6.07, 6.45) is 12.8. The third-order valence-corrected chi connectivity index (χ3v) is 5.24. The highest BCUT2D eigenvalue weighted by Gasteiger charge is 2.23. The van der Waals surface area contributed by atoms with E-state index in [2.05, 4.69) is 22.9 Å². The van der Waals surface area contributed by atoms with Crippen molar-refractivity contribution in [1.29, 1.82) is 0 Å². The third-order valence-electron chi connectivity index (χ3n) is 5.24. The number of nitrogens with one attached hydrogen (secondary N) is 3. The lowest BCUT2D eigenvalue weighted by Crippen LogP contribution is -2.50. The number of unbranched alkanes of at least 4 members (excludes halogenated alkanes) is 10. The molecule has 10 nitrogen and oxygen atoms in total. The molecular formula is C23H42N4O6. The summed E-state index contributed by atoms with van der Waals surface area (Å²) >= 11 is 0. The molecule has 0 aromatic carbocycles. The first-order valence-electron chi connectivity index (χ1n) is 12.0. The first kappa shape index (κ1) is 30.4. The van der Waals surface area contributed by atoms with E-state index < -0.39 is 48.7 Å².